The number of aromatic nitrogens is 3. The van der Waals surface area contributed by atoms with E-state index in [0.29, 0.717) is 40.6 Å². The summed E-state index contributed by atoms with van der Waals surface area (Å²) in [7, 11) is 3.08. The zero-order valence-corrected chi connectivity index (χ0v) is 40.2. The normalized spacial score (nSPS) is 17.3. The summed E-state index contributed by atoms with van der Waals surface area (Å²) < 4.78 is 7.30. The second kappa shape index (κ2) is 20.5. The van der Waals surface area contributed by atoms with Gasteiger partial charge in [-0.2, -0.15) is 4.98 Å². The molecular weight excluding hydrogens is 858 g/mol. The van der Waals surface area contributed by atoms with E-state index in [-0.39, 0.29) is 54.2 Å². The molecule has 15 nitrogen and oxygen atoms in total. The standard InChI is InChI=1S/C50H66ClN9O6/c1-32(2)60-41-14-13-37(24-35(41)25-43(47(60)65)66-30-44(63)52-6)55-45-40(51)28-54-48(56-45)57-21-17-50(18-22-57)26-36(27-50)49(4,5)59-19-15-34(16-20-59)38-11-8-10-33(3)39(38)29-58(31-62)42(12-9-23-61)46(64)53-7/h8,10-11,13-14,23-25,28,31-32,34,36,42H,9,12,15-22,26-27,29-30H2,1-7H3,(H,52,63)(H,53,64)(H,54,55,56). The van der Waals surface area contributed by atoms with Gasteiger partial charge in [-0.15, -0.1) is 0 Å². The first-order chi connectivity index (χ1) is 31.6. The largest absolute Gasteiger partial charge is 0.478 e. The van der Waals surface area contributed by atoms with Gasteiger partial charge < -0.3 is 39.8 Å². The van der Waals surface area contributed by atoms with Crippen LogP contribution in [0.3, 0.4) is 0 Å². The Bertz CT molecular complexity index is 2470. The SMILES string of the molecule is CNC(=O)COc1cc2cc(Nc3nc(N4CCC5(CC4)CC(C(C)(C)N4CCC(c6cccc(C)c6CN(C=O)C(CCC=O)C(=O)NC)CC4)C5)ncc3Cl)ccc2n(C(C)C)c1=O. The summed E-state index contributed by atoms with van der Waals surface area (Å²) in [5.41, 5.74) is 4.99. The molecule has 1 atom stereocenters. The minimum absolute atomic E-state index is 0.0610. The first-order valence-corrected chi connectivity index (χ1v) is 23.8. The van der Waals surface area contributed by atoms with E-state index in [1.165, 1.54) is 25.5 Å². The number of likely N-dealkylation sites (N-methyl/N-ethyl adjacent to an activating group) is 2. The van der Waals surface area contributed by atoms with Crippen LogP contribution in [0.4, 0.5) is 17.5 Å². The van der Waals surface area contributed by atoms with Crippen molar-refractivity contribution in [2.45, 2.75) is 116 Å². The number of halogens is 1. The number of carbonyl (C=O) groups excluding carboxylic acids is 4. The fourth-order valence-electron chi connectivity index (χ4n) is 10.6. The summed E-state index contributed by atoms with van der Waals surface area (Å²) in [6.45, 7) is 14.6. The van der Waals surface area contributed by atoms with Crippen LogP contribution in [-0.2, 0) is 25.7 Å². The number of pyridine rings is 1. The fourth-order valence-corrected chi connectivity index (χ4v) is 10.8. The summed E-state index contributed by atoms with van der Waals surface area (Å²) in [6, 6.07) is 12.9. The first-order valence-electron chi connectivity index (χ1n) is 23.4. The molecule has 1 unspecified atom stereocenters. The van der Waals surface area contributed by atoms with Gasteiger partial charge in [0.15, 0.2) is 18.2 Å². The number of fused-ring (bicyclic) bond motifs is 1. The number of piperidine rings is 2. The molecule has 2 aliphatic heterocycles. The number of hydrogen-bond acceptors (Lipinski definition) is 11. The van der Waals surface area contributed by atoms with E-state index < -0.39 is 6.04 Å². The van der Waals surface area contributed by atoms with Gasteiger partial charge in [-0.3, -0.25) is 24.1 Å². The van der Waals surface area contributed by atoms with Crippen molar-refractivity contribution in [1.29, 1.82) is 0 Å². The average Bonchev–Trinajstić information content (AvgIpc) is 3.30. The molecule has 2 aromatic heterocycles. The van der Waals surface area contributed by atoms with Gasteiger partial charge in [0.2, 0.25) is 18.3 Å². The van der Waals surface area contributed by atoms with Gasteiger partial charge in [-0.1, -0.05) is 29.8 Å². The van der Waals surface area contributed by atoms with Crippen LogP contribution in [0.5, 0.6) is 5.75 Å². The Morgan fingerprint density at radius 2 is 1.76 bits per heavy atom. The van der Waals surface area contributed by atoms with Crippen molar-refractivity contribution in [2.24, 2.45) is 11.3 Å². The highest BCUT2D eigenvalue weighted by Gasteiger charge is 2.52. The third kappa shape index (κ3) is 10.2. The van der Waals surface area contributed by atoms with Gasteiger partial charge in [0.1, 0.15) is 17.4 Å². The van der Waals surface area contributed by atoms with Crippen LogP contribution >= 0.6 is 11.6 Å². The molecule has 66 heavy (non-hydrogen) atoms. The molecule has 1 saturated carbocycles. The van der Waals surface area contributed by atoms with Crippen molar-refractivity contribution in [2.75, 3.05) is 57.1 Å². The first kappa shape index (κ1) is 48.4. The molecule has 0 radical (unpaired) electrons. The van der Waals surface area contributed by atoms with E-state index in [2.05, 4.69) is 69.7 Å². The van der Waals surface area contributed by atoms with Crippen molar-refractivity contribution in [3.05, 3.63) is 80.7 Å². The molecule has 1 spiro atoms. The molecule has 4 heterocycles. The summed E-state index contributed by atoms with van der Waals surface area (Å²) >= 11 is 6.67. The van der Waals surface area contributed by atoms with Crippen LogP contribution in [-0.4, -0.2) is 107 Å². The Labute approximate surface area is 393 Å². The summed E-state index contributed by atoms with van der Waals surface area (Å²) in [6.07, 6.45) is 10.3. The van der Waals surface area contributed by atoms with Gasteiger partial charge >= 0.3 is 0 Å². The van der Waals surface area contributed by atoms with Crippen molar-refractivity contribution in [1.82, 2.24) is 35.0 Å². The topological polar surface area (TPSA) is 171 Å². The zero-order chi connectivity index (χ0) is 47.3. The number of amides is 3. The number of aryl methyl sites for hydroxylation is 1. The third-order valence-corrected chi connectivity index (χ3v) is 15.1. The molecule has 3 aliphatic rings. The Morgan fingerprint density at radius 3 is 2.41 bits per heavy atom. The van der Waals surface area contributed by atoms with Crippen LogP contribution in [0.15, 0.2) is 53.5 Å². The number of ether oxygens (including phenoxy) is 1. The van der Waals surface area contributed by atoms with Gasteiger partial charge in [0.25, 0.3) is 11.5 Å². The number of likely N-dealkylation sites (tertiary alicyclic amines) is 1. The van der Waals surface area contributed by atoms with Crippen molar-refractivity contribution >= 4 is 64.5 Å². The number of rotatable bonds is 18. The number of aldehydes is 1. The van der Waals surface area contributed by atoms with E-state index in [1.807, 2.05) is 32.0 Å². The number of hydrogen-bond donors (Lipinski definition) is 3. The van der Waals surface area contributed by atoms with Crippen LogP contribution in [0.2, 0.25) is 5.02 Å². The van der Waals surface area contributed by atoms with Crippen LogP contribution in [0.1, 0.15) is 108 Å². The van der Waals surface area contributed by atoms with E-state index in [1.54, 1.807) is 28.8 Å². The predicted molar refractivity (Wildman–Crippen MR) is 259 cm³/mol. The minimum Gasteiger partial charge on any atom is -0.478 e. The molecule has 354 valence electrons. The molecule has 2 aromatic carbocycles. The monoisotopic (exact) mass is 923 g/mol. The van der Waals surface area contributed by atoms with E-state index >= 15 is 0 Å². The number of anilines is 3. The van der Waals surface area contributed by atoms with Crippen LogP contribution < -0.4 is 31.1 Å². The Kier molecular flexibility index (Phi) is 15.1. The highest BCUT2D eigenvalue weighted by molar-refractivity contribution is 6.33. The molecule has 4 aromatic rings. The van der Waals surface area contributed by atoms with E-state index in [9.17, 15) is 24.0 Å². The van der Waals surface area contributed by atoms with Gasteiger partial charge in [0, 0.05) is 62.8 Å². The van der Waals surface area contributed by atoms with Gasteiger partial charge in [-0.05, 0) is 151 Å². The molecule has 3 fully saturated rings. The number of carbonyl (C=O) groups is 4. The third-order valence-electron chi connectivity index (χ3n) is 14.8. The lowest BCUT2D eigenvalue weighted by molar-refractivity contribution is -0.133. The Hall–Kier alpha value is -5.54. The molecule has 3 amide bonds. The molecular formula is C50H66ClN9O6. The average molecular weight is 925 g/mol. The molecule has 0 bridgehead atoms. The molecule has 2 saturated heterocycles. The van der Waals surface area contributed by atoms with Crippen molar-refractivity contribution < 1.29 is 23.9 Å². The number of benzene rings is 2. The molecule has 1 aliphatic carbocycles. The summed E-state index contributed by atoms with van der Waals surface area (Å²) in [4.78, 5) is 77.5. The van der Waals surface area contributed by atoms with E-state index in [4.69, 9.17) is 21.3 Å². The van der Waals surface area contributed by atoms with Crippen LogP contribution in [0, 0.1) is 18.3 Å². The number of nitrogens with zero attached hydrogens (tertiary/aromatic N) is 6. The maximum absolute atomic E-state index is 13.3. The second-order valence-corrected chi connectivity index (χ2v) is 19.7. The lowest BCUT2D eigenvalue weighted by Crippen LogP contribution is -2.59. The van der Waals surface area contributed by atoms with E-state index in [0.717, 1.165) is 92.3 Å². The van der Waals surface area contributed by atoms with Crippen LogP contribution in [0.25, 0.3) is 10.9 Å². The maximum Gasteiger partial charge on any atom is 0.293 e. The highest BCUT2D eigenvalue weighted by atomic mass is 35.5. The Morgan fingerprint density at radius 1 is 1.03 bits per heavy atom. The lowest BCUT2D eigenvalue weighted by atomic mass is 9.53. The summed E-state index contributed by atoms with van der Waals surface area (Å²) in [5.74, 6) is 1.59. The minimum atomic E-state index is -0.703. The lowest BCUT2D eigenvalue weighted by Gasteiger charge is -2.59. The van der Waals surface area contributed by atoms with Gasteiger partial charge in [0.05, 0.1) is 11.7 Å². The second-order valence-electron chi connectivity index (χ2n) is 19.3. The molecule has 3 N–H and O–H groups in total. The van der Waals surface area contributed by atoms with Crippen molar-refractivity contribution in [3.63, 3.8) is 0 Å². The smallest absolute Gasteiger partial charge is 0.293 e. The van der Waals surface area contributed by atoms with Crippen molar-refractivity contribution in [3.8, 4) is 5.75 Å². The maximum atomic E-state index is 13.3. The predicted octanol–water partition coefficient (Wildman–Crippen LogP) is 6.91. The fraction of sp³-hybridized carbons (Fsp3) is 0.540. The number of nitrogens with one attached hydrogen (secondary N) is 3. The molecule has 7 rings (SSSR count). The van der Waals surface area contributed by atoms with Gasteiger partial charge in [-0.25, -0.2) is 4.98 Å². The zero-order valence-electron chi connectivity index (χ0n) is 39.5. The summed E-state index contributed by atoms with van der Waals surface area (Å²) in [5, 5.41) is 9.71. The molecule has 16 heteroatoms. The quantitative estimate of drug-likeness (QED) is 0.0887. The highest BCUT2D eigenvalue weighted by Crippen LogP contribution is 2.57. The Balaban J connectivity index is 0.952.